The number of hydrogen-bond acceptors (Lipinski definition) is 5. The first-order valence-corrected chi connectivity index (χ1v) is 10.5. The lowest BCUT2D eigenvalue weighted by molar-refractivity contribution is 0.0904. The molecule has 0 atom stereocenters. The number of carbonyl (C=O) groups excluding carboxylic acids is 1. The average Bonchev–Trinajstić information content (AvgIpc) is 3.21. The van der Waals surface area contributed by atoms with Crippen LogP contribution in [0.4, 0.5) is 0 Å². The Kier molecular flexibility index (Phi) is 5.78. The molecule has 1 N–H and O–H groups in total. The van der Waals surface area contributed by atoms with E-state index in [4.69, 9.17) is 0 Å². The summed E-state index contributed by atoms with van der Waals surface area (Å²) in [6, 6.07) is 14.5. The third kappa shape index (κ3) is 4.64. The fraction of sp³-hybridized carbons (Fsp3) is 0.318. The highest BCUT2D eigenvalue weighted by atomic mass is 32.1. The van der Waals surface area contributed by atoms with Crippen molar-refractivity contribution in [1.29, 1.82) is 0 Å². The predicted octanol–water partition coefficient (Wildman–Crippen LogP) is 3.91. The Hall–Kier alpha value is -2.57. The molecule has 1 saturated heterocycles. The standard InChI is InChI=1S/C22H24N4OS/c1-16-5-7-17(8-6-16)22-25-20(15-28-22)21(27)24-18-9-12-26(13-10-18)14-19-4-2-3-11-23-19/h2-8,11,15,18H,9-10,12-14H2,1H3,(H,24,27). The van der Waals surface area contributed by atoms with Crippen LogP contribution in [0.3, 0.4) is 0 Å². The molecule has 2 aromatic heterocycles. The molecule has 144 valence electrons. The second-order valence-electron chi connectivity index (χ2n) is 7.25. The van der Waals surface area contributed by atoms with Crippen LogP contribution in [0.15, 0.2) is 54.0 Å². The van der Waals surface area contributed by atoms with E-state index in [0.29, 0.717) is 5.69 Å². The first kappa shape index (κ1) is 18.8. The largest absolute Gasteiger partial charge is 0.348 e. The number of amides is 1. The van der Waals surface area contributed by atoms with E-state index in [9.17, 15) is 4.79 Å². The highest BCUT2D eigenvalue weighted by molar-refractivity contribution is 7.13. The maximum absolute atomic E-state index is 12.6. The van der Waals surface area contributed by atoms with Gasteiger partial charge >= 0.3 is 0 Å². The molecule has 1 amide bonds. The number of aromatic nitrogens is 2. The first-order chi connectivity index (χ1) is 13.7. The third-order valence-corrected chi connectivity index (χ3v) is 5.96. The van der Waals surface area contributed by atoms with E-state index >= 15 is 0 Å². The van der Waals surface area contributed by atoms with Gasteiger partial charge in [-0.15, -0.1) is 11.3 Å². The van der Waals surface area contributed by atoms with Crippen LogP contribution < -0.4 is 5.32 Å². The second kappa shape index (κ2) is 8.63. The number of carbonyl (C=O) groups is 1. The molecule has 1 aliphatic rings. The summed E-state index contributed by atoms with van der Waals surface area (Å²) in [5.41, 5.74) is 3.87. The molecular weight excluding hydrogens is 368 g/mol. The van der Waals surface area contributed by atoms with Crippen LogP contribution in [0.1, 0.15) is 34.6 Å². The summed E-state index contributed by atoms with van der Waals surface area (Å²) in [4.78, 5) is 23.9. The van der Waals surface area contributed by atoms with Crippen molar-refractivity contribution in [3.05, 3.63) is 71.0 Å². The van der Waals surface area contributed by atoms with Crippen molar-refractivity contribution in [3.63, 3.8) is 0 Å². The zero-order valence-electron chi connectivity index (χ0n) is 16.0. The van der Waals surface area contributed by atoms with Gasteiger partial charge in [0, 0.05) is 42.8 Å². The van der Waals surface area contributed by atoms with Gasteiger partial charge < -0.3 is 5.32 Å². The van der Waals surface area contributed by atoms with E-state index < -0.39 is 0 Å². The minimum atomic E-state index is -0.0715. The van der Waals surface area contributed by atoms with Gasteiger partial charge in [0.15, 0.2) is 0 Å². The van der Waals surface area contributed by atoms with Crippen LogP contribution in [0.5, 0.6) is 0 Å². The highest BCUT2D eigenvalue weighted by Crippen LogP contribution is 2.24. The molecule has 0 spiro atoms. The van der Waals surface area contributed by atoms with Gasteiger partial charge in [0.05, 0.1) is 5.69 Å². The fourth-order valence-corrected chi connectivity index (χ4v) is 4.23. The predicted molar refractivity (Wildman–Crippen MR) is 112 cm³/mol. The van der Waals surface area contributed by atoms with Crippen LogP contribution in [-0.2, 0) is 6.54 Å². The average molecular weight is 393 g/mol. The third-order valence-electron chi connectivity index (χ3n) is 5.07. The Morgan fingerprint density at radius 1 is 1.18 bits per heavy atom. The minimum Gasteiger partial charge on any atom is -0.348 e. The van der Waals surface area contributed by atoms with Gasteiger partial charge in [0.25, 0.3) is 5.91 Å². The Balaban J connectivity index is 1.29. The number of nitrogens with one attached hydrogen (secondary N) is 1. The Morgan fingerprint density at radius 2 is 1.96 bits per heavy atom. The summed E-state index contributed by atoms with van der Waals surface area (Å²) >= 11 is 1.51. The summed E-state index contributed by atoms with van der Waals surface area (Å²) in [7, 11) is 0. The van der Waals surface area contributed by atoms with Gasteiger partial charge in [-0.1, -0.05) is 35.9 Å². The zero-order chi connectivity index (χ0) is 19.3. The van der Waals surface area contributed by atoms with Crippen molar-refractivity contribution in [2.45, 2.75) is 32.4 Å². The minimum absolute atomic E-state index is 0.0715. The lowest BCUT2D eigenvalue weighted by Crippen LogP contribution is -2.44. The first-order valence-electron chi connectivity index (χ1n) is 9.63. The molecule has 3 aromatic rings. The summed E-state index contributed by atoms with van der Waals surface area (Å²) in [6.45, 7) is 4.86. The van der Waals surface area contributed by atoms with Crippen molar-refractivity contribution >= 4 is 17.2 Å². The molecule has 3 heterocycles. The van der Waals surface area contributed by atoms with Crippen molar-refractivity contribution in [2.24, 2.45) is 0 Å². The van der Waals surface area contributed by atoms with Crippen LogP contribution in [0.2, 0.25) is 0 Å². The van der Waals surface area contributed by atoms with Crippen molar-refractivity contribution < 1.29 is 4.79 Å². The zero-order valence-corrected chi connectivity index (χ0v) is 16.8. The Labute approximate surface area is 169 Å². The molecule has 28 heavy (non-hydrogen) atoms. The molecule has 0 unspecified atom stereocenters. The summed E-state index contributed by atoms with van der Waals surface area (Å²) in [5.74, 6) is -0.0715. The number of piperidine rings is 1. The molecule has 0 saturated carbocycles. The van der Waals surface area contributed by atoms with Gasteiger partial charge in [-0.05, 0) is 31.9 Å². The molecule has 1 fully saturated rings. The van der Waals surface area contributed by atoms with Crippen LogP contribution in [-0.4, -0.2) is 39.9 Å². The summed E-state index contributed by atoms with van der Waals surface area (Å²) in [5, 5.41) is 5.89. The van der Waals surface area contributed by atoms with E-state index in [2.05, 4.69) is 45.3 Å². The maximum atomic E-state index is 12.6. The normalized spacial score (nSPS) is 15.5. The molecule has 0 radical (unpaired) electrons. The number of aryl methyl sites for hydroxylation is 1. The lowest BCUT2D eigenvalue weighted by Gasteiger charge is -2.31. The van der Waals surface area contributed by atoms with E-state index in [1.807, 2.05) is 35.8 Å². The summed E-state index contributed by atoms with van der Waals surface area (Å²) in [6.07, 6.45) is 3.74. The van der Waals surface area contributed by atoms with E-state index in [1.165, 1.54) is 16.9 Å². The molecule has 1 aromatic carbocycles. The molecule has 0 aliphatic carbocycles. The van der Waals surface area contributed by atoms with E-state index in [0.717, 1.165) is 48.7 Å². The van der Waals surface area contributed by atoms with Gasteiger partial charge in [-0.25, -0.2) is 4.98 Å². The Bertz CT molecular complexity index is 915. The number of likely N-dealkylation sites (tertiary alicyclic amines) is 1. The number of benzene rings is 1. The molecule has 5 nitrogen and oxygen atoms in total. The maximum Gasteiger partial charge on any atom is 0.270 e. The van der Waals surface area contributed by atoms with Crippen molar-refractivity contribution in [2.75, 3.05) is 13.1 Å². The molecule has 0 bridgehead atoms. The monoisotopic (exact) mass is 392 g/mol. The Morgan fingerprint density at radius 3 is 2.68 bits per heavy atom. The number of pyridine rings is 1. The summed E-state index contributed by atoms with van der Waals surface area (Å²) < 4.78 is 0. The van der Waals surface area contributed by atoms with Crippen molar-refractivity contribution in [3.8, 4) is 10.6 Å². The van der Waals surface area contributed by atoms with E-state index in [-0.39, 0.29) is 11.9 Å². The topological polar surface area (TPSA) is 58.1 Å². The highest BCUT2D eigenvalue weighted by Gasteiger charge is 2.22. The number of rotatable bonds is 5. The molecular formula is C22H24N4OS. The lowest BCUT2D eigenvalue weighted by atomic mass is 10.0. The van der Waals surface area contributed by atoms with Crippen LogP contribution >= 0.6 is 11.3 Å². The van der Waals surface area contributed by atoms with Crippen LogP contribution in [0.25, 0.3) is 10.6 Å². The molecule has 6 heteroatoms. The fourth-order valence-electron chi connectivity index (χ4n) is 3.42. The van der Waals surface area contributed by atoms with Gasteiger partial charge in [-0.3, -0.25) is 14.7 Å². The quantitative estimate of drug-likeness (QED) is 0.715. The van der Waals surface area contributed by atoms with Gasteiger partial charge in [-0.2, -0.15) is 0 Å². The van der Waals surface area contributed by atoms with Gasteiger partial charge in [0.1, 0.15) is 10.7 Å². The van der Waals surface area contributed by atoms with Gasteiger partial charge in [0.2, 0.25) is 0 Å². The molecule has 1 aliphatic heterocycles. The second-order valence-corrected chi connectivity index (χ2v) is 8.11. The smallest absolute Gasteiger partial charge is 0.270 e. The molecule has 4 rings (SSSR count). The number of thiazole rings is 1. The van der Waals surface area contributed by atoms with Crippen molar-refractivity contribution in [1.82, 2.24) is 20.2 Å². The number of nitrogens with zero attached hydrogens (tertiary/aromatic N) is 3. The van der Waals surface area contributed by atoms with Crippen LogP contribution in [0, 0.1) is 6.92 Å². The SMILES string of the molecule is Cc1ccc(-c2nc(C(=O)NC3CCN(Cc4ccccn4)CC3)cs2)cc1. The number of hydrogen-bond donors (Lipinski definition) is 1. The van der Waals surface area contributed by atoms with E-state index in [1.54, 1.807) is 0 Å².